The summed E-state index contributed by atoms with van der Waals surface area (Å²) in [5, 5.41) is 0.857. The Morgan fingerprint density at radius 1 is 1.67 bits per heavy atom. The van der Waals surface area contributed by atoms with Crippen LogP contribution in [0, 0.1) is 0 Å². The fourth-order valence-electron chi connectivity index (χ4n) is 0.143. The first-order chi connectivity index (χ1) is 4.31. The van der Waals surface area contributed by atoms with Crippen LogP contribution in [0.15, 0.2) is 0 Å². The highest BCUT2D eigenvalue weighted by Gasteiger charge is 1.98. The van der Waals surface area contributed by atoms with Gasteiger partial charge in [-0.1, -0.05) is 33.3 Å². The molecular weight excluding hydrogens is 307 g/mol. The van der Waals surface area contributed by atoms with Gasteiger partial charge in [0.2, 0.25) is 0 Å². The van der Waals surface area contributed by atoms with Crippen LogP contribution in [0.3, 0.4) is 0 Å². The molecule has 0 aromatic rings. The van der Waals surface area contributed by atoms with E-state index in [0.717, 1.165) is 5.08 Å². The molecule has 0 amide bonds. The molecule has 0 aromatic carbocycles. The average molecular weight is 312 g/mol. The molecule has 0 bridgehead atoms. The Morgan fingerprint density at radius 2 is 2.33 bits per heavy atom. The van der Waals surface area contributed by atoms with Crippen LogP contribution >= 0.6 is 63.5 Å². The number of carbonyl (C=O) groups excluding carboxylic acids is 1. The van der Waals surface area contributed by atoms with E-state index in [0.29, 0.717) is 0 Å². The van der Waals surface area contributed by atoms with Crippen LogP contribution in [0.1, 0.15) is 0 Å². The first-order valence-corrected chi connectivity index (χ1v) is 8.99. The van der Waals surface area contributed by atoms with Crippen molar-refractivity contribution < 1.29 is 4.79 Å². The molecule has 0 N–H and O–H groups in total. The predicted octanol–water partition coefficient (Wildman–Crippen LogP) is 3.89. The van der Waals surface area contributed by atoms with E-state index >= 15 is 0 Å². The van der Waals surface area contributed by atoms with E-state index in [-0.39, 0.29) is 4.45 Å². The number of thioether (sulfide) groups is 1. The number of halogens is 1. The molecule has 0 fully saturated rings. The highest BCUT2D eigenvalue weighted by Crippen LogP contribution is 2.29. The third-order valence-corrected chi connectivity index (χ3v) is 6.13. The number of carbonyl (C=O) groups is 1. The standard InChI is InChI=1S/C3H5IOS4/c1-6-8-2-7-3(5)9-4/h2H2,1H3. The second-order valence-electron chi connectivity index (χ2n) is 0.874. The van der Waals surface area contributed by atoms with Gasteiger partial charge in [0.1, 0.15) is 0 Å². The Balaban J connectivity index is 2.97. The van der Waals surface area contributed by atoms with Crippen molar-refractivity contribution in [3.63, 3.8) is 0 Å². The fourth-order valence-corrected chi connectivity index (χ4v) is 4.16. The van der Waals surface area contributed by atoms with Gasteiger partial charge in [-0.3, -0.25) is 4.79 Å². The van der Waals surface area contributed by atoms with Crippen molar-refractivity contribution in [2.75, 3.05) is 11.3 Å². The molecule has 54 valence electrons. The van der Waals surface area contributed by atoms with E-state index in [9.17, 15) is 4.79 Å². The Morgan fingerprint density at radius 3 is 2.78 bits per heavy atom. The number of hydrogen-bond donors (Lipinski definition) is 0. The van der Waals surface area contributed by atoms with Crippen molar-refractivity contribution in [1.82, 2.24) is 0 Å². The molecule has 0 atom stereocenters. The lowest BCUT2D eigenvalue weighted by Gasteiger charge is -1.91. The van der Waals surface area contributed by atoms with Crippen LogP contribution in [0.5, 0.6) is 0 Å². The normalized spacial score (nSPS) is 9.56. The molecule has 1 nitrogen and oxygen atoms in total. The molecule has 0 aliphatic rings. The molecule has 0 aliphatic carbocycles. The van der Waals surface area contributed by atoms with Crippen LogP contribution in [0.25, 0.3) is 0 Å². The third-order valence-electron chi connectivity index (χ3n) is 0.406. The SMILES string of the molecule is CSSCSC(=O)SI. The first-order valence-electron chi connectivity index (χ1n) is 1.92. The summed E-state index contributed by atoms with van der Waals surface area (Å²) in [7, 11) is 4.63. The van der Waals surface area contributed by atoms with Gasteiger partial charge < -0.3 is 0 Å². The largest absolute Gasteiger partial charge is 0.274 e. The summed E-state index contributed by atoms with van der Waals surface area (Å²) >= 11 is 3.36. The maximum absolute atomic E-state index is 10.6. The second-order valence-corrected chi connectivity index (χ2v) is 6.86. The lowest BCUT2D eigenvalue weighted by atomic mass is 11.8. The van der Waals surface area contributed by atoms with Gasteiger partial charge in [-0.25, -0.2) is 0 Å². The van der Waals surface area contributed by atoms with Crippen molar-refractivity contribution in [1.29, 1.82) is 0 Å². The maximum Gasteiger partial charge on any atom is 0.257 e. The van der Waals surface area contributed by atoms with E-state index in [4.69, 9.17) is 0 Å². The Labute approximate surface area is 83.2 Å². The van der Waals surface area contributed by atoms with Gasteiger partial charge in [-0.2, -0.15) is 0 Å². The zero-order chi connectivity index (χ0) is 7.11. The van der Waals surface area contributed by atoms with Crippen LogP contribution in [0.4, 0.5) is 4.79 Å². The van der Waals surface area contributed by atoms with Crippen molar-refractivity contribution in [2.45, 2.75) is 0 Å². The van der Waals surface area contributed by atoms with E-state index in [1.165, 1.54) is 20.7 Å². The minimum atomic E-state index is 0.192. The molecule has 0 heterocycles. The second kappa shape index (κ2) is 7.90. The van der Waals surface area contributed by atoms with Gasteiger partial charge in [0.25, 0.3) is 4.45 Å². The van der Waals surface area contributed by atoms with E-state index in [1.54, 1.807) is 21.6 Å². The molecular formula is C3H5IOS4. The molecule has 0 rings (SSSR count). The van der Waals surface area contributed by atoms with Gasteiger partial charge in [0, 0.05) is 21.2 Å². The van der Waals surface area contributed by atoms with E-state index in [2.05, 4.69) is 0 Å². The summed E-state index contributed by atoms with van der Waals surface area (Å²) in [5.74, 6) is 0. The summed E-state index contributed by atoms with van der Waals surface area (Å²) in [4.78, 5) is 10.6. The number of rotatable bonds is 3. The zero-order valence-electron chi connectivity index (χ0n) is 4.63. The van der Waals surface area contributed by atoms with Crippen LogP contribution in [-0.4, -0.2) is 15.8 Å². The van der Waals surface area contributed by atoms with Gasteiger partial charge in [0.15, 0.2) is 0 Å². The molecule has 0 saturated carbocycles. The molecule has 0 radical (unpaired) electrons. The highest BCUT2D eigenvalue weighted by atomic mass is 127. The smallest absolute Gasteiger partial charge is 0.257 e. The summed E-state index contributed by atoms with van der Waals surface area (Å²) in [6, 6.07) is 0. The number of hydrogen-bond acceptors (Lipinski definition) is 5. The molecule has 0 unspecified atom stereocenters. The van der Waals surface area contributed by atoms with Gasteiger partial charge >= 0.3 is 0 Å². The summed E-state index contributed by atoms with van der Waals surface area (Å²) in [6.45, 7) is 0. The zero-order valence-corrected chi connectivity index (χ0v) is 10.0. The van der Waals surface area contributed by atoms with E-state index in [1.807, 2.05) is 27.5 Å². The molecule has 0 saturated heterocycles. The van der Waals surface area contributed by atoms with Crippen LogP contribution < -0.4 is 0 Å². The monoisotopic (exact) mass is 312 g/mol. The van der Waals surface area contributed by atoms with Crippen molar-refractivity contribution in [3.8, 4) is 0 Å². The highest BCUT2D eigenvalue weighted by molar-refractivity contribution is 14.2. The fraction of sp³-hybridized carbons (Fsp3) is 0.667. The van der Waals surface area contributed by atoms with E-state index < -0.39 is 0 Å². The van der Waals surface area contributed by atoms with Crippen LogP contribution in [0.2, 0.25) is 0 Å². The Hall–Kier alpha value is 1.80. The maximum atomic E-state index is 10.6. The first kappa shape index (κ1) is 10.8. The van der Waals surface area contributed by atoms with Crippen molar-refractivity contribution in [2.24, 2.45) is 0 Å². The summed E-state index contributed by atoms with van der Waals surface area (Å²) < 4.78 is 0.192. The molecule has 6 heteroatoms. The minimum Gasteiger partial charge on any atom is -0.274 e. The summed E-state index contributed by atoms with van der Waals surface area (Å²) in [5.41, 5.74) is 0. The lowest BCUT2D eigenvalue weighted by molar-refractivity contribution is 0.277. The van der Waals surface area contributed by atoms with Gasteiger partial charge in [-0.15, -0.1) is 0 Å². The van der Waals surface area contributed by atoms with Gasteiger partial charge in [0.05, 0.1) is 5.08 Å². The van der Waals surface area contributed by atoms with Crippen molar-refractivity contribution in [3.05, 3.63) is 0 Å². The minimum absolute atomic E-state index is 0.192. The van der Waals surface area contributed by atoms with Crippen molar-refractivity contribution >= 4 is 67.9 Å². The molecule has 0 aromatic heterocycles. The summed E-state index contributed by atoms with van der Waals surface area (Å²) in [6.07, 6.45) is 2.01. The third kappa shape index (κ3) is 7.70. The Bertz CT molecular complexity index is 87.9. The Kier molecular flexibility index (Phi) is 9.48. The lowest BCUT2D eigenvalue weighted by Crippen LogP contribution is -1.74. The predicted molar refractivity (Wildman–Crippen MR) is 60.6 cm³/mol. The molecule has 0 spiro atoms. The quantitative estimate of drug-likeness (QED) is 0.339. The van der Waals surface area contributed by atoms with Crippen LogP contribution in [-0.2, 0) is 0 Å². The molecule has 0 aliphatic heterocycles. The molecule has 9 heavy (non-hydrogen) atoms. The average Bonchev–Trinajstić information content (AvgIpc) is 1.89. The van der Waals surface area contributed by atoms with Gasteiger partial charge in [-0.05, 0) is 15.2 Å². The topological polar surface area (TPSA) is 17.1 Å².